The molecule has 2 atom stereocenters. The third-order valence-electron chi connectivity index (χ3n) is 4.71. The van der Waals surface area contributed by atoms with Crippen LogP contribution < -0.4 is 5.32 Å². The maximum atomic E-state index is 12.6. The van der Waals surface area contributed by atoms with E-state index in [0.29, 0.717) is 5.91 Å². The van der Waals surface area contributed by atoms with Crippen LogP contribution >= 0.6 is 0 Å². The molecule has 19 heavy (non-hydrogen) atoms. The van der Waals surface area contributed by atoms with Crippen molar-refractivity contribution >= 4 is 5.91 Å². The van der Waals surface area contributed by atoms with Gasteiger partial charge in [0.05, 0.1) is 6.04 Å². The number of rotatable bonds is 3. The van der Waals surface area contributed by atoms with Gasteiger partial charge < -0.3 is 10.2 Å². The predicted octanol–water partition coefficient (Wildman–Crippen LogP) is 2.95. The molecule has 0 bridgehead atoms. The van der Waals surface area contributed by atoms with Gasteiger partial charge in [0.25, 0.3) is 0 Å². The minimum Gasteiger partial charge on any atom is -0.341 e. The zero-order valence-corrected chi connectivity index (χ0v) is 12.5. The first-order chi connectivity index (χ1) is 9.31. The molecule has 2 aliphatic heterocycles. The Bertz CT molecular complexity index is 272. The van der Waals surface area contributed by atoms with Crippen molar-refractivity contribution in [3.63, 3.8) is 0 Å². The lowest BCUT2D eigenvalue weighted by Crippen LogP contribution is -2.46. The average Bonchev–Trinajstić information content (AvgIpc) is 2.81. The van der Waals surface area contributed by atoms with Crippen LogP contribution in [0.15, 0.2) is 0 Å². The molecule has 0 aromatic carbocycles. The number of nitrogens with one attached hydrogen (secondary N) is 1. The van der Waals surface area contributed by atoms with Crippen LogP contribution in [-0.4, -0.2) is 36.5 Å². The van der Waals surface area contributed by atoms with Crippen molar-refractivity contribution in [2.45, 2.75) is 70.8 Å². The Morgan fingerprint density at radius 2 is 2.00 bits per heavy atom. The van der Waals surface area contributed by atoms with E-state index in [1.54, 1.807) is 0 Å². The summed E-state index contributed by atoms with van der Waals surface area (Å²) >= 11 is 0. The van der Waals surface area contributed by atoms with Crippen molar-refractivity contribution < 1.29 is 4.79 Å². The van der Waals surface area contributed by atoms with Crippen LogP contribution in [0.4, 0.5) is 0 Å². The van der Waals surface area contributed by atoms with Crippen molar-refractivity contribution in [3.8, 4) is 0 Å². The smallest absolute Gasteiger partial charge is 0.239 e. The highest BCUT2D eigenvalue weighted by atomic mass is 16.2. The lowest BCUT2D eigenvalue weighted by atomic mass is 9.96. The van der Waals surface area contributed by atoms with E-state index in [9.17, 15) is 4.79 Å². The largest absolute Gasteiger partial charge is 0.341 e. The topological polar surface area (TPSA) is 32.3 Å². The van der Waals surface area contributed by atoms with Crippen LogP contribution in [0.1, 0.15) is 64.7 Å². The van der Waals surface area contributed by atoms with E-state index in [4.69, 9.17) is 0 Å². The van der Waals surface area contributed by atoms with Crippen molar-refractivity contribution in [1.82, 2.24) is 10.2 Å². The molecular weight excluding hydrogens is 236 g/mol. The second-order valence-electron chi connectivity index (χ2n) is 6.27. The maximum Gasteiger partial charge on any atom is 0.239 e. The molecule has 2 aliphatic rings. The van der Waals surface area contributed by atoms with Gasteiger partial charge in [-0.2, -0.15) is 0 Å². The molecule has 1 amide bonds. The Kier molecular flexibility index (Phi) is 6.15. The highest BCUT2D eigenvalue weighted by molar-refractivity contribution is 5.81. The summed E-state index contributed by atoms with van der Waals surface area (Å²) in [5, 5.41) is 3.44. The Morgan fingerprint density at radius 1 is 1.11 bits per heavy atom. The Labute approximate surface area is 118 Å². The quantitative estimate of drug-likeness (QED) is 0.852. The van der Waals surface area contributed by atoms with E-state index in [1.807, 2.05) is 0 Å². The second-order valence-corrected chi connectivity index (χ2v) is 6.27. The van der Waals surface area contributed by atoms with Crippen molar-refractivity contribution in [1.29, 1.82) is 0 Å². The summed E-state index contributed by atoms with van der Waals surface area (Å²) in [6, 6.07) is 0.102. The zero-order chi connectivity index (χ0) is 13.5. The van der Waals surface area contributed by atoms with Gasteiger partial charge in [-0.25, -0.2) is 0 Å². The molecule has 2 unspecified atom stereocenters. The first kappa shape index (κ1) is 14.8. The summed E-state index contributed by atoms with van der Waals surface area (Å²) in [7, 11) is 0. The first-order valence-electron chi connectivity index (χ1n) is 8.33. The fraction of sp³-hybridized carbons (Fsp3) is 0.938. The molecular formula is C16H30N2O. The third kappa shape index (κ3) is 4.48. The number of amides is 1. The Morgan fingerprint density at radius 3 is 2.84 bits per heavy atom. The summed E-state index contributed by atoms with van der Waals surface area (Å²) in [4.78, 5) is 14.7. The van der Waals surface area contributed by atoms with Crippen molar-refractivity contribution in [2.75, 3.05) is 19.6 Å². The molecule has 0 saturated carbocycles. The predicted molar refractivity (Wildman–Crippen MR) is 79.1 cm³/mol. The van der Waals surface area contributed by atoms with Crippen molar-refractivity contribution in [3.05, 3.63) is 0 Å². The van der Waals surface area contributed by atoms with Gasteiger partial charge in [0.1, 0.15) is 0 Å². The van der Waals surface area contributed by atoms with Crippen LogP contribution in [-0.2, 0) is 4.79 Å². The van der Waals surface area contributed by atoms with Crippen LogP contribution in [0, 0.1) is 5.92 Å². The maximum absolute atomic E-state index is 12.6. The molecule has 110 valence electrons. The molecule has 0 aromatic rings. The van der Waals surface area contributed by atoms with E-state index in [2.05, 4.69) is 17.1 Å². The molecule has 3 heteroatoms. The molecule has 2 saturated heterocycles. The van der Waals surface area contributed by atoms with Gasteiger partial charge in [-0.05, 0) is 44.6 Å². The number of carbonyl (C=O) groups is 1. The van der Waals surface area contributed by atoms with Gasteiger partial charge in [0.2, 0.25) is 5.91 Å². The lowest BCUT2D eigenvalue weighted by molar-refractivity contribution is -0.133. The fourth-order valence-electron chi connectivity index (χ4n) is 3.54. The summed E-state index contributed by atoms with van der Waals surface area (Å²) in [6.45, 7) is 5.25. The summed E-state index contributed by atoms with van der Waals surface area (Å²) in [5.41, 5.74) is 0. The molecule has 0 aliphatic carbocycles. The van der Waals surface area contributed by atoms with Crippen LogP contribution in [0.25, 0.3) is 0 Å². The van der Waals surface area contributed by atoms with Gasteiger partial charge in [0, 0.05) is 13.1 Å². The van der Waals surface area contributed by atoms with E-state index < -0.39 is 0 Å². The van der Waals surface area contributed by atoms with Gasteiger partial charge in [0.15, 0.2) is 0 Å². The molecule has 3 nitrogen and oxygen atoms in total. The number of likely N-dealkylation sites (tertiary alicyclic amines) is 1. The average molecular weight is 266 g/mol. The van der Waals surface area contributed by atoms with E-state index >= 15 is 0 Å². The normalized spacial score (nSPS) is 29.6. The minimum absolute atomic E-state index is 0.102. The summed E-state index contributed by atoms with van der Waals surface area (Å²) in [5.74, 6) is 1.23. The van der Waals surface area contributed by atoms with E-state index in [-0.39, 0.29) is 6.04 Å². The monoisotopic (exact) mass is 266 g/mol. The lowest BCUT2D eigenvalue weighted by Gasteiger charge is -2.26. The highest BCUT2D eigenvalue weighted by Crippen LogP contribution is 2.23. The SMILES string of the molecule is CCCC1CCCN(C(=O)C2CCCCCN2)CC1. The summed E-state index contributed by atoms with van der Waals surface area (Å²) in [6.07, 6.45) is 11.1. The zero-order valence-electron chi connectivity index (χ0n) is 12.5. The summed E-state index contributed by atoms with van der Waals surface area (Å²) < 4.78 is 0. The number of nitrogens with zero attached hydrogens (tertiary/aromatic N) is 1. The van der Waals surface area contributed by atoms with Crippen LogP contribution in [0.5, 0.6) is 0 Å². The second kappa shape index (κ2) is 7.88. The molecule has 2 rings (SSSR count). The Balaban J connectivity index is 1.84. The number of carbonyl (C=O) groups excluding carboxylic acids is 1. The number of hydrogen-bond acceptors (Lipinski definition) is 2. The highest BCUT2D eigenvalue weighted by Gasteiger charge is 2.26. The molecule has 2 fully saturated rings. The van der Waals surface area contributed by atoms with Gasteiger partial charge in [-0.3, -0.25) is 4.79 Å². The first-order valence-corrected chi connectivity index (χ1v) is 8.33. The van der Waals surface area contributed by atoms with Gasteiger partial charge >= 0.3 is 0 Å². The van der Waals surface area contributed by atoms with E-state index in [1.165, 1.54) is 51.4 Å². The molecule has 2 heterocycles. The third-order valence-corrected chi connectivity index (χ3v) is 4.71. The van der Waals surface area contributed by atoms with Gasteiger partial charge in [-0.1, -0.05) is 32.6 Å². The van der Waals surface area contributed by atoms with Crippen molar-refractivity contribution in [2.24, 2.45) is 5.92 Å². The number of hydrogen-bond donors (Lipinski definition) is 1. The Hall–Kier alpha value is -0.570. The molecule has 0 aromatic heterocycles. The van der Waals surface area contributed by atoms with Crippen LogP contribution in [0.3, 0.4) is 0 Å². The van der Waals surface area contributed by atoms with E-state index in [0.717, 1.165) is 32.0 Å². The van der Waals surface area contributed by atoms with Crippen LogP contribution in [0.2, 0.25) is 0 Å². The molecule has 0 radical (unpaired) electrons. The molecule has 0 spiro atoms. The molecule has 1 N–H and O–H groups in total. The minimum atomic E-state index is 0.102. The van der Waals surface area contributed by atoms with Gasteiger partial charge in [-0.15, -0.1) is 0 Å². The standard InChI is InChI=1S/C16H30N2O/c1-2-7-14-8-6-12-18(13-10-14)16(19)15-9-4-3-5-11-17-15/h14-15,17H,2-13H2,1H3. The fourth-order valence-corrected chi connectivity index (χ4v) is 3.54.